The highest BCUT2D eigenvalue weighted by Gasteiger charge is 2.20. The van der Waals surface area contributed by atoms with Crippen molar-refractivity contribution in [1.82, 2.24) is 19.4 Å². The third-order valence-corrected chi connectivity index (χ3v) is 5.20. The van der Waals surface area contributed by atoms with Crippen LogP contribution in [0.3, 0.4) is 0 Å². The summed E-state index contributed by atoms with van der Waals surface area (Å²) in [5.74, 6) is 0. The minimum Gasteiger partial charge on any atom is -0.320 e. The van der Waals surface area contributed by atoms with Crippen LogP contribution in [0.4, 0.5) is 0 Å². The van der Waals surface area contributed by atoms with E-state index in [1.807, 2.05) is 12.1 Å². The molecular formula is C20H21ClN4. The van der Waals surface area contributed by atoms with E-state index >= 15 is 0 Å². The number of nitrogens with zero attached hydrogens (tertiary/aromatic N) is 4. The lowest BCUT2D eigenvalue weighted by Crippen LogP contribution is -2.21. The molecule has 4 rings (SSSR count). The molecule has 0 radical (unpaired) electrons. The van der Waals surface area contributed by atoms with E-state index in [4.69, 9.17) is 11.6 Å². The average molecular weight is 353 g/mol. The summed E-state index contributed by atoms with van der Waals surface area (Å²) in [4.78, 5) is 10.8. The molecule has 1 aliphatic heterocycles. The maximum Gasteiger partial charge on any atom is 0.116 e. The molecule has 1 aliphatic rings. The van der Waals surface area contributed by atoms with Crippen LogP contribution in [0, 0.1) is 0 Å². The number of rotatable bonds is 2. The zero-order valence-electron chi connectivity index (χ0n) is 14.5. The molecule has 0 N–H and O–H groups in total. The third-order valence-electron chi connectivity index (χ3n) is 4.96. The first-order valence-corrected chi connectivity index (χ1v) is 8.96. The summed E-state index contributed by atoms with van der Waals surface area (Å²) >= 11 is 6.29. The largest absolute Gasteiger partial charge is 0.320 e. The zero-order valence-corrected chi connectivity index (χ0v) is 15.3. The van der Waals surface area contributed by atoms with Crippen LogP contribution in [0.2, 0.25) is 5.02 Å². The second-order valence-corrected chi connectivity index (χ2v) is 7.10. The summed E-state index contributed by atoms with van der Waals surface area (Å²) in [7, 11) is 2.19. The molecule has 0 unspecified atom stereocenters. The number of allylic oxidation sites excluding steroid dienone is 1. The second-order valence-electron chi connectivity index (χ2n) is 6.67. The molecule has 5 heteroatoms. The van der Waals surface area contributed by atoms with E-state index in [2.05, 4.69) is 51.7 Å². The standard InChI is InChI=1S/C20H21ClN4/c1-14(18-5-8-22-13-23-18)12-25-19-4-3-15(21)11-17(19)16-6-9-24(2)10-7-20(16)25/h3-5,8,11-13H,6-7,9-10H2,1-2H3/b14-12+. The summed E-state index contributed by atoms with van der Waals surface area (Å²) < 4.78 is 2.33. The Hall–Kier alpha value is -2.17. The molecule has 25 heavy (non-hydrogen) atoms. The number of fused-ring (bicyclic) bond motifs is 3. The van der Waals surface area contributed by atoms with E-state index in [0.717, 1.165) is 42.2 Å². The molecule has 0 atom stereocenters. The first-order chi connectivity index (χ1) is 12.1. The Morgan fingerprint density at radius 1 is 1.20 bits per heavy atom. The van der Waals surface area contributed by atoms with Gasteiger partial charge in [0.25, 0.3) is 0 Å². The Balaban J connectivity index is 1.91. The molecule has 0 saturated carbocycles. The molecule has 1 aromatic carbocycles. The first kappa shape index (κ1) is 16.3. The smallest absolute Gasteiger partial charge is 0.116 e. The monoisotopic (exact) mass is 352 g/mol. The van der Waals surface area contributed by atoms with Crippen LogP contribution in [-0.4, -0.2) is 39.6 Å². The van der Waals surface area contributed by atoms with Crippen molar-refractivity contribution in [3.05, 3.63) is 58.8 Å². The van der Waals surface area contributed by atoms with Crippen LogP contribution >= 0.6 is 11.6 Å². The average Bonchev–Trinajstić information content (AvgIpc) is 2.76. The molecule has 0 spiro atoms. The molecule has 0 amide bonds. The van der Waals surface area contributed by atoms with E-state index < -0.39 is 0 Å². The van der Waals surface area contributed by atoms with Gasteiger partial charge in [0.15, 0.2) is 0 Å². The fraction of sp³-hybridized carbons (Fsp3) is 0.300. The van der Waals surface area contributed by atoms with Gasteiger partial charge in [-0.2, -0.15) is 0 Å². The van der Waals surface area contributed by atoms with Crippen LogP contribution in [0.1, 0.15) is 23.9 Å². The quantitative estimate of drug-likeness (QED) is 0.695. The maximum absolute atomic E-state index is 6.29. The van der Waals surface area contributed by atoms with Crippen molar-refractivity contribution in [3.8, 4) is 0 Å². The summed E-state index contributed by atoms with van der Waals surface area (Å²) in [5.41, 5.74) is 6.09. The van der Waals surface area contributed by atoms with Crippen molar-refractivity contribution in [1.29, 1.82) is 0 Å². The van der Waals surface area contributed by atoms with Gasteiger partial charge < -0.3 is 9.47 Å². The minimum atomic E-state index is 0.793. The summed E-state index contributed by atoms with van der Waals surface area (Å²) in [6.45, 7) is 4.24. The molecule has 4 nitrogen and oxygen atoms in total. The van der Waals surface area contributed by atoms with Crippen molar-refractivity contribution < 1.29 is 0 Å². The number of likely N-dealkylation sites (N-methyl/N-ethyl adjacent to an activating group) is 1. The van der Waals surface area contributed by atoms with Crippen molar-refractivity contribution in [3.63, 3.8) is 0 Å². The number of halogens is 1. The van der Waals surface area contributed by atoms with Crippen LogP contribution in [-0.2, 0) is 12.8 Å². The topological polar surface area (TPSA) is 34.0 Å². The third kappa shape index (κ3) is 3.08. The molecule has 3 aromatic rings. The van der Waals surface area contributed by atoms with Gasteiger partial charge in [-0.05, 0) is 55.8 Å². The number of hydrogen-bond acceptors (Lipinski definition) is 3. The van der Waals surface area contributed by atoms with Crippen molar-refractivity contribution in [2.24, 2.45) is 0 Å². The Kier molecular flexibility index (Phi) is 4.32. The molecule has 0 fully saturated rings. The van der Waals surface area contributed by atoms with Gasteiger partial charge in [0.1, 0.15) is 6.33 Å². The van der Waals surface area contributed by atoms with Crippen LogP contribution in [0.15, 0.2) is 36.8 Å². The van der Waals surface area contributed by atoms with E-state index in [-0.39, 0.29) is 0 Å². The lowest BCUT2D eigenvalue weighted by molar-refractivity contribution is 0.351. The van der Waals surface area contributed by atoms with E-state index in [9.17, 15) is 0 Å². The van der Waals surface area contributed by atoms with E-state index in [1.54, 1.807) is 12.5 Å². The molecule has 0 bridgehead atoms. The SMILES string of the molecule is C/C(=C\n1c2c(c3cc(Cl)ccc31)CCN(C)CC2)c1ccncn1. The predicted octanol–water partition coefficient (Wildman–Crippen LogP) is 4.13. The molecule has 0 aliphatic carbocycles. The van der Waals surface area contributed by atoms with Crippen molar-refractivity contribution in [2.45, 2.75) is 19.8 Å². The molecule has 2 aromatic heterocycles. The highest BCUT2D eigenvalue weighted by molar-refractivity contribution is 6.31. The normalized spacial score (nSPS) is 16.0. The van der Waals surface area contributed by atoms with Gasteiger partial charge in [0, 0.05) is 48.0 Å². The number of hydrogen-bond donors (Lipinski definition) is 0. The van der Waals surface area contributed by atoms with Crippen molar-refractivity contribution >= 4 is 34.3 Å². The Morgan fingerprint density at radius 2 is 2.04 bits per heavy atom. The Morgan fingerprint density at radius 3 is 2.84 bits per heavy atom. The Bertz CT molecular complexity index is 943. The summed E-state index contributed by atoms with van der Waals surface area (Å²) in [5, 5.41) is 2.06. The second kappa shape index (κ2) is 6.62. The van der Waals surface area contributed by atoms with Gasteiger partial charge in [-0.25, -0.2) is 9.97 Å². The van der Waals surface area contributed by atoms with Gasteiger partial charge in [-0.1, -0.05) is 11.6 Å². The van der Waals surface area contributed by atoms with Crippen molar-refractivity contribution in [2.75, 3.05) is 20.1 Å². The molecule has 128 valence electrons. The zero-order chi connectivity index (χ0) is 17.4. The van der Waals surface area contributed by atoms with Gasteiger partial charge in [-0.15, -0.1) is 0 Å². The lowest BCUT2D eigenvalue weighted by Gasteiger charge is -2.13. The fourth-order valence-corrected chi connectivity index (χ4v) is 3.77. The molecule has 0 saturated heterocycles. The molecular weight excluding hydrogens is 332 g/mol. The maximum atomic E-state index is 6.29. The van der Waals surface area contributed by atoms with Gasteiger partial charge in [0.05, 0.1) is 11.2 Å². The molecule has 3 heterocycles. The Labute approximate surface area is 152 Å². The summed E-state index contributed by atoms with van der Waals surface area (Å²) in [6.07, 6.45) is 7.66. The first-order valence-electron chi connectivity index (χ1n) is 8.58. The van der Waals surface area contributed by atoms with Gasteiger partial charge in [-0.3, -0.25) is 0 Å². The number of benzene rings is 1. The predicted molar refractivity (Wildman–Crippen MR) is 104 cm³/mol. The van der Waals surface area contributed by atoms with E-state index in [1.165, 1.54) is 22.2 Å². The van der Waals surface area contributed by atoms with Crippen LogP contribution < -0.4 is 0 Å². The highest BCUT2D eigenvalue weighted by Crippen LogP contribution is 2.32. The summed E-state index contributed by atoms with van der Waals surface area (Å²) in [6, 6.07) is 8.14. The minimum absolute atomic E-state index is 0.793. The van der Waals surface area contributed by atoms with Gasteiger partial charge in [0.2, 0.25) is 0 Å². The van der Waals surface area contributed by atoms with E-state index in [0.29, 0.717) is 0 Å². The number of aromatic nitrogens is 3. The van der Waals surface area contributed by atoms with Crippen LogP contribution in [0.25, 0.3) is 22.7 Å². The van der Waals surface area contributed by atoms with Gasteiger partial charge >= 0.3 is 0 Å². The fourth-order valence-electron chi connectivity index (χ4n) is 3.60. The lowest BCUT2D eigenvalue weighted by atomic mass is 10.1. The van der Waals surface area contributed by atoms with Crippen LogP contribution in [0.5, 0.6) is 0 Å². The highest BCUT2D eigenvalue weighted by atomic mass is 35.5.